The lowest BCUT2D eigenvalue weighted by Gasteiger charge is -2.27. The Morgan fingerprint density at radius 2 is 1.92 bits per heavy atom. The summed E-state index contributed by atoms with van der Waals surface area (Å²) in [6.07, 6.45) is 0.272. The summed E-state index contributed by atoms with van der Waals surface area (Å²) in [6.45, 7) is 0.109. The third-order valence-corrected chi connectivity index (χ3v) is 8.45. The zero-order chi connectivity index (χ0) is 17.4. The Hall–Kier alpha value is -1.29. The van der Waals surface area contributed by atoms with Crippen molar-refractivity contribution in [2.24, 2.45) is 0 Å². The van der Waals surface area contributed by atoms with Crippen LogP contribution in [0.1, 0.15) is 11.3 Å². The third kappa shape index (κ3) is 3.69. The van der Waals surface area contributed by atoms with Crippen molar-refractivity contribution in [3.8, 4) is 0 Å². The van der Waals surface area contributed by atoms with Gasteiger partial charge in [0.2, 0.25) is 10.0 Å². The minimum Gasteiger partial charge on any atom is -0.229 e. The number of sulfone groups is 1. The van der Waals surface area contributed by atoms with Crippen LogP contribution in [0.2, 0.25) is 0 Å². The Balaban J connectivity index is 1.98. The average molecular weight is 389 g/mol. The molecule has 2 aromatic rings. The number of hydrogen-bond acceptors (Lipinski definition) is 5. The molecule has 0 N–H and O–H groups in total. The van der Waals surface area contributed by atoms with E-state index in [1.807, 2.05) is 11.4 Å². The smallest absolute Gasteiger partial charge is 0.229 e. The fourth-order valence-corrected chi connectivity index (χ4v) is 6.95. The topological polar surface area (TPSA) is 71.5 Å². The van der Waals surface area contributed by atoms with Crippen LogP contribution < -0.4 is 0 Å². The van der Waals surface area contributed by atoms with E-state index in [2.05, 4.69) is 0 Å². The van der Waals surface area contributed by atoms with Gasteiger partial charge in [0.1, 0.15) is 5.82 Å². The summed E-state index contributed by atoms with van der Waals surface area (Å²) in [7, 11) is -7.15. The predicted molar refractivity (Wildman–Crippen MR) is 90.5 cm³/mol. The Morgan fingerprint density at radius 3 is 2.46 bits per heavy atom. The first-order valence-corrected chi connectivity index (χ1v) is 11.4. The predicted octanol–water partition coefficient (Wildman–Crippen LogP) is 2.27. The van der Waals surface area contributed by atoms with Gasteiger partial charge in [0.05, 0.1) is 16.4 Å². The maximum absolute atomic E-state index is 13.1. The second-order valence-electron chi connectivity index (χ2n) is 5.64. The molecule has 1 saturated heterocycles. The largest absolute Gasteiger partial charge is 0.243 e. The fourth-order valence-electron chi connectivity index (χ4n) is 2.71. The van der Waals surface area contributed by atoms with Crippen LogP contribution in [0, 0.1) is 5.82 Å². The van der Waals surface area contributed by atoms with Crippen molar-refractivity contribution in [2.45, 2.75) is 23.9 Å². The van der Waals surface area contributed by atoms with Crippen LogP contribution >= 0.6 is 11.3 Å². The summed E-state index contributed by atoms with van der Waals surface area (Å²) in [4.78, 5) is 0.787. The highest BCUT2D eigenvalue weighted by atomic mass is 32.2. The number of benzene rings is 1. The van der Waals surface area contributed by atoms with Crippen LogP contribution in [-0.2, 0) is 26.4 Å². The van der Waals surface area contributed by atoms with E-state index in [1.54, 1.807) is 6.07 Å². The van der Waals surface area contributed by atoms with Crippen molar-refractivity contribution in [3.05, 3.63) is 52.5 Å². The molecule has 1 aliphatic heterocycles. The molecule has 9 heteroatoms. The van der Waals surface area contributed by atoms with E-state index in [-0.39, 0.29) is 29.4 Å². The van der Waals surface area contributed by atoms with Crippen molar-refractivity contribution in [1.29, 1.82) is 0 Å². The van der Waals surface area contributed by atoms with Crippen LogP contribution in [0.15, 0.2) is 46.7 Å². The summed E-state index contributed by atoms with van der Waals surface area (Å²) in [5, 5.41) is 1.84. The van der Waals surface area contributed by atoms with Crippen LogP contribution in [0.3, 0.4) is 0 Å². The van der Waals surface area contributed by atoms with Crippen molar-refractivity contribution in [3.63, 3.8) is 0 Å². The average Bonchev–Trinajstić information content (AvgIpc) is 3.14. The SMILES string of the molecule is O=S1(=O)CCC(N(Cc2cccs2)S(=O)(=O)c2ccc(F)cc2)C1. The molecule has 0 spiro atoms. The molecule has 1 atom stereocenters. The molecule has 130 valence electrons. The van der Waals surface area contributed by atoms with Gasteiger partial charge in [-0.25, -0.2) is 21.2 Å². The first-order valence-electron chi connectivity index (χ1n) is 7.28. The molecule has 0 aliphatic carbocycles. The van der Waals surface area contributed by atoms with Gasteiger partial charge in [-0.3, -0.25) is 0 Å². The molecule has 0 amide bonds. The highest BCUT2D eigenvalue weighted by molar-refractivity contribution is 7.92. The van der Waals surface area contributed by atoms with E-state index in [9.17, 15) is 21.2 Å². The second-order valence-corrected chi connectivity index (χ2v) is 10.8. The van der Waals surface area contributed by atoms with Gasteiger partial charge in [-0.2, -0.15) is 4.31 Å². The van der Waals surface area contributed by atoms with E-state index >= 15 is 0 Å². The maximum Gasteiger partial charge on any atom is 0.243 e. The molecule has 3 rings (SSSR count). The van der Waals surface area contributed by atoms with Gasteiger partial charge in [-0.05, 0) is 42.1 Å². The highest BCUT2D eigenvalue weighted by Crippen LogP contribution is 2.28. The second kappa shape index (κ2) is 6.55. The van der Waals surface area contributed by atoms with Crippen molar-refractivity contribution in [2.75, 3.05) is 11.5 Å². The summed E-state index contributed by atoms with van der Waals surface area (Å²) in [5.74, 6) is -0.724. The highest BCUT2D eigenvalue weighted by Gasteiger charge is 2.39. The molecule has 1 aromatic carbocycles. The van der Waals surface area contributed by atoms with E-state index < -0.39 is 31.7 Å². The third-order valence-electron chi connectivity index (χ3n) is 3.93. The monoisotopic (exact) mass is 389 g/mol. The van der Waals surface area contributed by atoms with Crippen molar-refractivity contribution >= 4 is 31.2 Å². The van der Waals surface area contributed by atoms with Gasteiger partial charge in [0.15, 0.2) is 9.84 Å². The Kier molecular flexibility index (Phi) is 4.78. The van der Waals surface area contributed by atoms with E-state index in [4.69, 9.17) is 0 Å². The van der Waals surface area contributed by atoms with E-state index in [1.165, 1.54) is 27.8 Å². The zero-order valence-electron chi connectivity index (χ0n) is 12.6. The molecule has 1 aliphatic rings. The quantitative estimate of drug-likeness (QED) is 0.786. The lowest BCUT2D eigenvalue weighted by atomic mass is 10.2. The summed E-state index contributed by atoms with van der Waals surface area (Å²) in [6, 6.07) is 7.59. The normalized spacial score (nSPS) is 20.5. The number of halogens is 1. The summed E-state index contributed by atoms with van der Waals surface area (Å²) >= 11 is 1.41. The molecule has 24 heavy (non-hydrogen) atoms. The summed E-state index contributed by atoms with van der Waals surface area (Å²) < 4.78 is 63.9. The van der Waals surface area contributed by atoms with Gasteiger partial charge in [0.25, 0.3) is 0 Å². The van der Waals surface area contributed by atoms with Crippen molar-refractivity contribution < 1.29 is 21.2 Å². The molecule has 0 bridgehead atoms. The number of rotatable bonds is 5. The number of thiophene rings is 1. The van der Waals surface area contributed by atoms with Crippen LogP contribution in [0.5, 0.6) is 0 Å². The minimum absolute atomic E-state index is 0.0163. The standard InChI is InChI=1S/C15H16FNO4S3/c16-12-3-5-15(6-4-12)24(20,21)17(10-14-2-1-8-22-14)13-7-9-23(18,19)11-13/h1-6,8,13H,7,9-11H2. The van der Waals surface area contributed by atoms with Gasteiger partial charge in [-0.15, -0.1) is 11.3 Å². The Morgan fingerprint density at radius 1 is 1.21 bits per heavy atom. The molecular weight excluding hydrogens is 373 g/mol. The van der Waals surface area contributed by atoms with Crippen LogP contribution in [0.25, 0.3) is 0 Å². The number of sulfonamides is 1. The molecule has 1 fully saturated rings. The molecule has 2 heterocycles. The Bertz CT molecular complexity index is 906. The van der Waals surface area contributed by atoms with Crippen molar-refractivity contribution in [1.82, 2.24) is 4.31 Å². The van der Waals surface area contributed by atoms with Gasteiger partial charge in [0, 0.05) is 17.5 Å². The lowest BCUT2D eigenvalue weighted by Crippen LogP contribution is -2.40. The van der Waals surface area contributed by atoms with E-state index in [0.29, 0.717) is 0 Å². The van der Waals surface area contributed by atoms with Crippen LogP contribution in [0.4, 0.5) is 4.39 Å². The molecule has 5 nitrogen and oxygen atoms in total. The summed E-state index contributed by atoms with van der Waals surface area (Å²) in [5.41, 5.74) is 0. The van der Waals surface area contributed by atoms with Gasteiger partial charge >= 0.3 is 0 Å². The lowest BCUT2D eigenvalue weighted by molar-refractivity contribution is 0.336. The first-order chi connectivity index (χ1) is 11.3. The first kappa shape index (κ1) is 17.5. The number of hydrogen-bond donors (Lipinski definition) is 0. The van der Waals surface area contributed by atoms with E-state index in [0.717, 1.165) is 17.0 Å². The zero-order valence-corrected chi connectivity index (χ0v) is 15.1. The minimum atomic E-state index is -3.92. The Labute approximate surface area is 144 Å². The van der Waals surface area contributed by atoms with Gasteiger partial charge < -0.3 is 0 Å². The van der Waals surface area contributed by atoms with Gasteiger partial charge in [-0.1, -0.05) is 6.07 Å². The fraction of sp³-hybridized carbons (Fsp3) is 0.333. The number of nitrogens with zero attached hydrogens (tertiary/aromatic N) is 1. The van der Waals surface area contributed by atoms with Crippen LogP contribution in [-0.4, -0.2) is 38.7 Å². The molecule has 1 unspecified atom stereocenters. The molecule has 0 saturated carbocycles. The molecule has 1 aromatic heterocycles. The molecular formula is C15H16FNO4S3. The maximum atomic E-state index is 13.1. The molecule has 0 radical (unpaired) electrons.